The molecule has 4 heteroatoms. The van der Waals surface area contributed by atoms with E-state index in [1.807, 2.05) is 6.92 Å². The lowest BCUT2D eigenvalue weighted by atomic mass is 10.0. The molecular formula is C10H9NO3. The summed E-state index contributed by atoms with van der Waals surface area (Å²) >= 11 is 0. The van der Waals surface area contributed by atoms with Crippen molar-refractivity contribution in [3.8, 4) is 0 Å². The van der Waals surface area contributed by atoms with Crippen molar-refractivity contribution in [2.45, 2.75) is 19.3 Å². The van der Waals surface area contributed by atoms with Gasteiger partial charge in [0.25, 0.3) is 5.69 Å². The normalized spacial score (nSPS) is 19.5. The third-order valence-electron chi connectivity index (χ3n) is 2.57. The van der Waals surface area contributed by atoms with Crippen LogP contribution in [0.3, 0.4) is 0 Å². The number of fused-ring (bicyclic) bond motifs is 1. The molecule has 0 aliphatic heterocycles. The van der Waals surface area contributed by atoms with Gasteiger partial charge in [-0.05, 0) is 11.5 Å². The predicted octanol–water partition coefficient (Wildman–Crippen LogP) is 2.28. The van der Waals surface area contributed by atoms with Crippen LogP contribution in [0, 0.1) is 10.1 Å². The molecule has 2 rings (SSSR count). The van der Waals surface area contributed by atoms with Crippen molar-refractivity contribution in [3.63, 3.8) is 0 Å². The van der Waals surface area contributed by atoms with E-state index in [1.54, 1.807) is 6.07 Å². The molecule has 0 spiro atoms. The fourth-order valence-corrected chi connectivity index (χ4v) is 1.83. The van der Waals surface area contributed by atoms with Crippen LogP contribution in [0.25, 0.3) is 0 Å². The van der Waals surface area contributed by atoms with Crippen molar-refractivity contribution in [2.75, 3.05) is 0 Å². The Hall–Kier alpha value is -1.71. The fourth-order valence-electron chi connectivity index (χ4n) is 1.83. The molecule has 0 heterocycles. The van der Waals surface area contributed by atoms with Crippen molar-refractivity contribution in [3.05, 3.63) is 39.4 Å². The first-order valence-electron chi connectivity index (χ1n) is 4.41. The van der Waals surface area contributed by atoms with Crippen LogP contribution in [-0.4, -0.2) is 10.7 Å². The molecule has 0 bridgehead atoms. The minimum absolute atomic E-state index is 0.00815. The summed E-state index contributed by atoms with van der Waals surface area (Å²) in [7, 11) is 0. The second-order valence-corrected chi connectivity index (χ2v) is 3.56. The molecular weight excluding hydrogens is 182 g/mol. The van der Waals surface area contributed by atoms with Crippen LogP contribution in [0.5, 0.6) is 0 Å². The standard InChI is InChI=1S/C10H9NO3/c1-6-4-10(12)9-5-7(11(13)14)2-3-8(6)9/h2-3,5-6H,4H2,1H3. The highest BCUT2D eigenvalue weighted by atomic mass is 16.6. The van der Waals surface area contributed by atoms with Gasteiger partial charge in [-0.2, -0.15) is 0 Å². The highest BCUT2D eigenvalue weighted by Crippen LogP contribution is 2.34. The van der Waals surface area contributed by atoms with E-state index in [0.29, 0.717) is 12.0 Å². The van der Waals surface area contributed by atoms with Crippen LogP contribution in [0.1, 0.15) is 35.2 Å². The zero-order chi connectivity index (χ0) is 10.3. The van der Waals surface area contributed by atoms with Gasteiger partial charge in [0.2, 0.25) is 0 Å². The predicted molar refractivity (Wildman–Crippen MR) is 50.5 cm³/mol. The number of hydrogen-bond donors (Lipinski definition) is 0. The number of carbonyl (C=O) groups excluding carboxylic acids is 1. The largest absolute Gasteiger partial charge is 0.294 e. The molecule has 0 saturated heterocycles. The number of hydrogen-bond acceptors (Lipinski definition) is 3. The molecule has 1 unspecified atom stereocenters. The van der Waals surface area contributed by atoms with Gasteiger partial charge in [0.1, 0.15) is 0 Å². The Labute approximate surface area is 80.7 Å². The Kier molecular flexibility index (Phi) is 1.84. The summed E-state index contributed by atoms with van der Waals surface area (Å²) in [5, 5.41) is 10.5. The van der Waals surface area contributed by atoms with Gasteiger partial charge in [0.05, 0.1) is 4.92 Å². The summed E-state index contributed by atoms with van der Waals surface area (Å²) in [5.74, 6) is 0.203. The van der Waals surface area contributed by atoms with Gasteiger partial charge >= 0.3 is 0 Å². The number of nitro benzene ring substituents is 1. The second kappa shape index (κ2) is 2.90. The number of Topliss-reactive ketones (excluding diaryl/α,β-unsaturated/α-hetero) is 1. The molecule has 0 radical (unpaired) electrons. The minimum atomic E-state index is -0.476. The first-order chi connectivity index (χ1) is 6.59. The van der Waals surface area contributed by atoms with E-state index >= 15 is 0 Å². The maximum absolute atomic E-state index is 11.4. The molecule has 0 saturated carbocycles. The second-order valence-electron chi connectivity index (χ2n) is 3.56. The van der Waals surface area contributed by atoms with Gasteiger partial charge in [-0.15, -0.1) is 0 Å². The molecule has 1 aliphatic rings. The van der Waals surface area contributed by atoms with E-state index in [1.165, 1.54) is 12.1 Å². The molecule has 1 aliphatic carbocycles. The lowest BCUT2D eigenvalue weighted by Crippen LogP contribution is -1.94. The van der Waals surface area contributed by atoms with Crippen LogP contribution in [-0.2, 0) is 0 Å². The lowest BCUT2D eigenvalue weighted by molar-refractivity contribution is -0.384. The van der Waals surface area contributed by atoms with Crippen molar-refractivity contribution >= 4 is 11.5 Å². The number of carbonyl (C=O) groups is 1. The SMILES string of the molecule is CC1CC(=O)c2cc([N+](=O)[O-])ccc21. The summed E-state index contributed by atoms with van der Waals surface area (Å²) in [5.41, 5.74) is 1.44. The summed E-state index contributed by atoms with van der Waals surface area (Å²) in [4.78, 5) is 21.4. The van der Waals surface area contributed by atoms with E-state index < -0.39 is 4.92 Å². The highest BCUT2D eigenvalue weighted by Gasteiger charge is 2.27. The van der Waals surface area contributed by atoms with Crippen molar-refractivity contribution in [1.29, 1.82) is 0 Å². The summed E-state index contributed by atoms with van der Waals surface area (Å²) in [6, 6.07) is 4.51. The molecule has 72 valence electrons. The van der Waals surface area contributed by atoms with E-state index in [4.69, 9.17) is 0 Å². The van der Waals surface area contributed by atoms with Crippen LogP contribution in [0.4, 0.5) is 5.69 Å². The Morgan fingerprint density at radius 2 is 2.21 bits per heavy atom. The number of benzene rings is 1. The molecule has 0 aromatic heterocycles. The maximum atomic E-state index is 11.4. The maximum Gasteiger partial charge on any atom is 0.270 e. The topological polar surface area (TPSA) is 60.2 Å². The van der Waals surface area contributed by atoms with Gasteiger partial charge in [0, 0.05) is 24.1 Å². The monoisotopic (exact) mass is 191 g/mol. The molecule has 0 N–H and O–H groups in total. The minimum Gasteiger partial charge on any atom is -0.294 e. The molecule has 1 aromatic rings. The van der Waals surface area contributed by atoms with E-state index in [0.717, 1.165) is 5.56 Å². The van der Waals surface area contributed by atoms with Crippen LogP contribution in [0.15, 0.2) is 18.2 Å². The van der Waals surface area contributed by atoms with Crippen LogP contribution in [0.2, 0.25) is 0 Å². The molecule has 0 amide bonds. The van der Waals surface area contributed by atoms with Gasteiger partial charge in [0.15, 0.2) is 5.78 Å². The number of nitrogens with zero attached hydrogens (tertiary/aromatic N) is 1. The van der Waals surface area contributed by atoms with Gasteiger partial charge in [-0.3, -0.25) is 14.9 Å². The zero-order valence-electron chi connectivity index (χ0n) is 7.69. The number of non-ortho nitro benzene ring substituents is 1. The molecule has 4 nitrogen and oxygen atoms in total. The third-order valence-corrected chi connectivity index (χ3v) is 2.57. The van der Waals surface area contributed by atoms with Gasteiger partial charge < -0.3 is 0 Å². The quantitative estimate of drug-likeness (QED) is 0.505. The average Bonchev–Trinajstić information content (AvgIpc) is 2.42. The van der Waals surface area contributed by atoms with Crippen LogP contribution >= 0.6 is 0 Å². The van der Waals surface area contributed by atoms with Crippen molar-refractivity contribution < 1.29 is 9.72 Å². The molecule has 14 heavy (non-hydrogen) atoms. The van der Waals surface area contributed by atoms with E-state index in [-0.39, 0.29) is 17.4 Å². The number of ketones is 1. The Balaban J connectivity index is 2.55. The first kappa shape index (κ1) is 8.87. The van der Waals surface area contributed by atoms with Gasteiger partial charge in [-0.25, -0.2) is 0 Å². The highest BCUT2D eigenvalue weighted by molar-refractivity contribution is 6.01. The fraction of sp³-hybridized carbons (Fsp3) is 0.300. The zero-order valence-corrected chi connectivity index (χ0v) is 7.69. The smallest absolute Gasteiger partial charge is 0.270 e. The molecule has 1 atom stereocenters. The number of rotatable bonds is 1. The third kappa shape index (κ3) is 1.19. The van der Waals surface area contributed by atoms with Crippen LogP contribution < -0.4 is 0 Å². The molecule has 0 fully saturated rings. The average molecular weight is 191 g/mol. The summed E-state index contributed by atoms with van der Waals surface area (Å²) in [6.45, 7) is 1.95. The lowest BCUT2D eigenvalue weighted by Gasteiger charge is -2.01. The van der Waals surface area contributed by atoms with Gasteiger partial charge in [-0.1, -0.05) is 13.0 Å². The Morgan fingerprint density at radius 1 is 1.50 bits per heavy atom. The van der Waals surface area contributed by atoms with Crippen molar-refractivity contribution in [1.82, 2.24) is 0 Å². The first-order valence-corrected chi connectivity index (χ1v) is 4.41. The van der Waals surface area contributed by atoms with E-state index in [2.05, 4.69) is 0 Å². The summed E-state index contributed by atoms with van der Waals surface area (Å²) < 4.78 is 0. The Bertz CT molecular complexity index is 425. The molecule has 1 aromatic carbocycles. The number of nitro groups is 1. The summed E-state index contributed by atoms with van der Waals surface area (Å²) in [6.07, 6.45) is 0.469. The van der Waals surface area contributed by atoms with E-state index in [9.17, 15) is 14.9 Å². The van der Waals surface area contributed by atoms with Crippen molar-refractivity contribution in [2.24, 2.45) is 0 Å². The Morgan fingerprint density at radius 3 is 2.86 bits per heavy atom.